The molecule has 0 aromatic heterocycles. The molecule has 1 amide bonds. The van der Waals surface area contributed by atoms with Crippen molar-refractivity contribution in [3.63, 3.8) is 0 Å². The molecular weight excluding hydrogens is 336 g/mol. The van der Waals surface area contributed by atoms with Crippen molar-refractivity contribution in [3.05, 3.63) is 77.9 Å². The Kier molecular flexibility index (Phi) is 5.07. The van der Waals surface area contributed by atoms with Crippen LogP contribution >= 0.6 is 0 Å². The van der Waals surface area contributed by atoms with Crippen LogP contribution in [0.25, 0.3) is 10.8 Å². The molecule has 1 fully saturated rings. The van der Waals surface area contributed by atoms with Gasteiger partial charge in [0.1, 0.15) is 12.3 Å². The number of quaternary nitrogens is 1. The molecule has 1 saturated heterocycles. The predicted molar refractivity (Wildman–Crippen MR) is 107 cm³/mol. The van der Waals surface area contributed by atoms with Crippen LogP contribution in [0.3, 0.4) is 0 Å². The standard InChI is InChI=1S/C23H24N2O2/c1-27-22-10-8-20(9-11-22)23(26)25-14-12-24(13-15-25)17-18-6-7-19-4-2-3-5-21(19)16-18/h2-11,16H,12-15,17H2,1H3/p+1. The largest absolute Gasteiger partial charge is 0.497 e. The van der Waals surface area contributed by atoms with E-state index < -0.39 is 0 Å². The average molecular weight is 361 g/mol. The highest BCUT2D eigenvalue weighted by atomic mass is 16.5. The fraction of sp³-hybridized carbons (Fsp3) is 0.261. The zero-order valence-corrected chi connectivity index (χ0v) is 15.7. The van der Waals surface area contributed by atoms with E-state index in [4.69, 9.17) is 4.74 Å². The number of benzene rings is 3. The maximum atomic E-state index is 12.7. The number of nitrogens with zero attached hydrogens (tertiary/aromatic N) is 1. The number of hydrogen-bond donors (Lipinski definition) is 1. The zero-order chi connectivity index (χ0) is 18.6. The number of carbonyl (C=O) groups is 1. The van der Waals surface area contributed by atoms with Gasteiger partial charge in [0.05, 0.1) is 33.3 Å². The van der Waals surface area contributed by atoms with E-state index >= 15 is 0 Å². The van der Waals surface area contributed by atoms with Crippen molar-refractivity contribution in [1.29, 1.82) is 0 Å². The lowest BCUT2D eigenvalue weighted by molar-refractivity contribution is -0.917. The first kappa shape index (κ1) is 17.6. The molecule has 0 radical (unpaired) electrons. The Morgan fingerprint density at radius 3 is 2.37 bits per heavy atom. The second-order valence-corrected chi connectivity index (χ2v) is 7.13. The van der Waals surface area contributed by atoms with Gasteiger partial charge >= 0.3 is 0 Å². The Hall–Kier alpha value is -2.85. The van der Waals surface area contributed by atoms with Gasteiger partial charge in [0.25, 0.3) is 5.91 Å². The highest BCUT2D eigenvalue weighted by molar-refractivity contribution is 5.94. The molecule has 27 heavy (non-hydrogen) atoms. The number of amides is 1. The van der Waals surface area contributed by atoms with Gasteiger partial charge in [0.2, 0.25) is 0 Å². The van der Waals surface area contributed by atoms with Crippen molar-refractivity contribution < 1.29 is 14.4 Å². The van der Waals surface area contributed by atoms with E-state index in [1.54, 1.807) is 7.11 Å². The zero-order valence-electron chi connectivity index (χ0n) is 15.7. The van der Waals surface area contributed by atoms with E-state index in [0.717, 1.165) is 44.0 Å². The highest BCUT2D eigenvalue weighted by Gasteiger charge is 2.24. The summed E-state index contributed by atoms with van der Waals surface area (Å²) in [5.41, 5.74) is 2.09. The monoisotopic (exact) mass is 361 g/mol. The van der Waals surface area contributed by atoms with Gasteiger partial charge in [-0.2, -0.15) is 0 Å². The lowest BCUT2D eigenvalue weighted by atomic mass is 10.1. The number of methoxy groups -OCH3 is 1. The van der Waals surface area contributed by atoms with Crippen molar-refractivity contribution in [2.75, 3.05) is 33.3 Å². The Bertz CT molecular complexity index is 929. The van der Waals surface area contributed by atoms with Crippen LogP contribution in [-0.4, -0.2) is 44.1 Å². The smallest absolute Gasteiger partial charge is 0.254 e. The van der Waals surface area contributed by atoms with E-state index in [0.29, 0.717) is 0 Å². The summed E-state index contributed by atoms with van der Waals surface area (Å²) < 4.78 is 5.16. The number of nitrogens with one attached hydrogen (secondary N) is 1. The van der Waals surface area contributed by atoms with Crippen molar-refractivity contribution in [1.82, 2.24) is 4.90 Å². The number of rotatable bonds is 4. The van der Waals surface area contributed by atoms with Crippen LogP contribution in [0, 0.1) is 0 Å². The maximum Gasteiger partial charge on any atom is 0.254 e. The summed E-state index contributed by atoms with van der Waals surface area (Å²) in [4.78, 5) is 16.2. The number of fused-ring (bicyclic) bond motifs is 1. The molecule has 1 aliphatic heterocycles. The lowest BCUT2D eigenvalue weighted by Crippen LogP contribution is -3.13. The molecule has 0 spiro atoms. The van der Waals surface area contributed by atoms with E-state index in [-0.39, 0.29) is 5.91 Å². The summed E-state index contributed by atoms with van der Waals surface area (Å²) in [6, 6.07) is 22.6. The van der Waals surface area contributed by atoms with Gasteiger partial charge in [-0.3, -0.25) is 4.79 Å². The van der Waals surface area contributed by atoms with Crippen LogP contribution in [0.15, 0.2) is 66.7 Å². The summed E-state index contributed by atoms with van der Waals surface area (Å²) >= 11 is 0. The Morgan fingerprint density at radius 1 is 0.963 bits per heavy atom. The minimum Gasteiger partial charge on any atom is -0.497 e. The van der Waals surface area contributed by atoms with Crippen LogP contribution in [0.2, 0.25) is 0 Å². The van der Waals surface area contributed by atoms with Crippen LogP contribution < -0.4 is 9.64 Å². The Labute approximate surface area is 160 Å². The third kappa shape index (κ3) is 3.96. The summed E-state index contributed by atoms with van der Waals surface area (Å²) in [5, 5.41) is 2.58. The topological polar surface area (TPSA) is 34.0 Å². The number of carbonyl (C=O) groups excluding carboxylic acids is 1. The first-order valence-electron chi connectivity index (χ1n) is 9.47. The Balaban J connectivity index is 1.35. The fourth-order valence-electron chi connectivity index (χ4n) is 3.76. The molecule has 4 nitrogen and oxygen atoms in total. The van der Waals surface area contributed by atoms with Crippen LogP contribution in [0.4, 0.5) is 0 Å². The van der Waals surface area contributed by atoms with Gasteiger partial charge in [-0.1, -0.05) is 36.4 Å². The highest BCUT2D eigenvalue weighted by Crippen LogP contribution is 2.15. The molecule has 0 bridgehead atoms. The Morgan fingerprint density at radius 2 is 1.67 bits per heavy atom. The van der Waals surface area contributed by atoms with E-state index in [1.165, 1.54) is 21.2 Å². The third-order valence-corrected chi connectivity index (χ3v) is 5.36. The van der Waals surface area contributed by atoms with Gasteiger partial charge in [0.15, 0.2) is 0 Å². The predicted octanol–water partition coefficient (Wildman–Crippen LogP) is 2.39. The molecule has 1 aliphatic rings. The van der Waals surface area contributed by atoms with Gasteiger partial charge < -0.3 is 14.5 Å². The summed E-state index contributed by atoms with van der Waals surface area (Å²) in [7, 11) is 1.63. The molecule has 1 heterocycles. The van der Waals surface area contributed by atoms with E-state index in [1.807, 2.05) is 29.2 Å². The van der Waals surface area contributed by atoms with Crippen LogP contribution in [0.1, 0.15) is 15.9 Å². The molecule has 4 rings (SSSR count). The first-order chi connectivity index (χ1) is 13.2. The van der Waals surface area contributed by atoms with Crippen molar-refractivity contribution in [2.24, 2.45) is 0 Å². The summed E-state index contributed by atoms with van der Waals surface area (Å²) in [6.45, 7) is 4.57. The second-order valence-electron chi connectivity index (χ2n) is 7.13. The summed E-state index contributed by atoms with van der Waals surface area (Å²) in [5.74, 6) is 0.888. The molecule has 138 valence electrons. The number of ether oxygens (including phenoxy) is 1. The number of piperazine rings is 1. The third-order valence-electron chi connectivity index (χ3n) is 5.36. The molecule has 0 saturated carbocycles. The molecule has 3 aromatic carbocycles. The summed E-state index contributed by atoms with van der Waals surface area (Å²) in [6.07, 6.45) is 0. The van der Waals surface area contributed by atoms with Crippen molar-refractivity contribution in [2.45, 2.75) is 6.54 Å². The SMILES string of the molecule is COc1ccc(C(=O)N2CC[NH+](Cc3ccc4ccccc4c3)CC2)cc1. The van der Waals surface area contributed by atoms with Gasteiger partial charge in [-0.15, -0.1) is 0 Å². The van der Waals surface area contributed by atoms with Crippen LogP contribution in [-0.2, 0) is 6.54 Å². The van der Waals surface area contributed by atoms with Gasteiger partial charge in [-0.25, -0.2) is 0 Å². The fourth-order valence-corrected chi connectivity index (χ4v) is 3.76. The minimum atomic E-state index is 0.113. The lowest BCUT2D eigenvalue weighted by Gasteiger charge is -2.32. The maximum absolute atomic E-state index is 12.7. The molecule has 0 atom stereocenters. The molecule has 3 aromatic rings. The van der Waals surface area contributed by atoms with E-state index in [9.17, 15) is 4.79 Å². The molecule has 4 heteroatoms. The minimum absolute atomic E-state index is 0.113. The molecular formula is C23H25N2O2+. The normalized spacial score (nSPS) is 15.1. The van der Waals surface area contributed by atoms with E-state index in [2.05, 4.69) is 42.5 Å². The second kappa shape index (κ2) is 7.80. The molecule has 0 aliphatic carbocycles. The molecule has 0 unspecified atom stereocenters. The van der Waals surface area contributed by atoms with Crippen LogP contribution in [0.5, 0.6) is 5.75 Å². The first-order valence-corrected chi connectivity index (χ1v) is 9.47. The van der Waals surface area contributed by atoms with Crippen molar-refractivity contribution in [3.8, 4) is 5.75 Å². The van der Waals surface area contributed by atoms with Crippen molar-refractivity contribution >= 4 is 16.7 Å². The van der Waals surface area contributed by atoms with Gasteiger partial charge in [0, 0.05) is 11.1 Å². The quantitative estimate of drug-likeness (QED) is 0.774. The van der Waals surface area contributed by atoms with Gasteiger partial charge in [-0.05, 0) is 41.1 Å². The molecule has 1 N–H and O–H groups in total. The average Bonchev–Trinajstić information content (AvgIpc) is 2.74. The number of hydrogen-bond acceptors (Lipinski definition) is 2.